The van der Waals surface area contributed by atoms with Gasteiger partial charge >= 0.3 is 0 Å². The number of aliphatic hydroxyl groups excluding tert-OH is 1. The van der Waals surface area contributed by atoms with E-state index < -0.39 is 6.29 Å². The lowest BCUT2D eigenvalue weighted by molar-refractivity contribution is -0.146. The van der Waals surface area contributed by atoms with Crippen LogP contribution in [-0.4, -0.2) is 50.8 Å². The molecule has 2 aromatic rings. The Hall–Kier alpha value is -2.35. The van der Waals surface area contributed by atoms with Crippen LogP contribution in [0.15, 0.2) is 46.8 Å². The molecular weight excluding hydrogens is 362 g/mol. The molecule has 7 heteroatoms. The molecule has 0 aliphatic carbocycles. The van der Waals surface area contributed by atoms with Gasteiger partial charge in [0.05, 0.1) is 19.5 Å². The maximum atomic E-state index is 12.5. The van der Waals surface area contributed by atoms with E-state index >= 15 is 0 Å². The molecule has 1 amide bonds. The predicted molar refractivity (Wildman–Crippen MR) is 104 cm³/mol. The van der Waals surface area contributed by atoms with Crippen molar-refractivity contribution in [3.63, 3.8) is 0 Å². The number of rotatable bonds is 10. The van der Waals surface area contributed by atoms with Crippen molar-refractivity contribution in [1.29, 1.82) is 0 Å². The molecule has 0 saturated carbocycles. The Bertz CT molecular complexity index is 799. The number of amides is 1. The molecule has 2 unspecified atom stereocenters. The van der Waals surface area contributed by atoms with Gasteiger partial charge in [0.25, 0.3) is 5.91 Å². The van der Waals surface area contributed by atoms with Crippen LogP contribution in [-0.2, 0) is 19.0 Å². The van der Waals surface area contributed by atoms with Crippen molar-refractivity contribution in [3.8, 4) is 0 Å². The van der Waals surface area contributed by atoms with Gasteiger partial charge in [-0.25, -0.2) is 0 Å². The van der Waals surface area contributed by atoms with Crippen LogP contribution in [0.1, 0.15) is 30.7 Å². The third kappa shape index (κ3) is 5.13. The van der Waals surface area contributed by atoms with Gasteiger partial charge < -0.3 is 29.1 Å². The first-order chi connectivity index (χ1) is 13.7. The highest BCUT2D eigenvalue weighted by atomic mass is 16.7. The number of hydrogen-bond donors (Lipinski definition) is 2. The van der Waals surface area contributed by atoms with E-state index in [9.17, 15) is 4.79 Å². The number of furan rings is 1. The van der Waals surface area contributed by atoms with Crippen molar-refractivity contribution >= 4 is 16.9 Å². The number of fused-ring (bicyclic) bond motifs is 1. The lowest BCUT2D eigenvalue weighted by atomic mass is 9.92. The number of carbonyl (C=O) groups excluding carboxylic acids is 1. The monoisotopic (exact) mass is 389 g/mol. The highest BCUT2D eigenvalue weighted by Gasteiger charge is 2.30. The summed E-state index contributed by atoms with van der Waals surface area (Å²) in [5.74, 6) is -0.119. The van der Waals surface area contributed by atoms with Gasteiger partial charge in [-0.05, 0) is 25.0 Å². The molecule has 0 bridgehead atoms. The minimum absolute atomic E-state index is 0.0663. The van der Waals surface area contributed by atoms with Crippen LogP contribution in [0, 0.1) is 0 Å². The average Bonchev–Trinajstić information content (AvgIpc) is 3.15. The topological polar surface area (TPSA) is 90.2 Å². The summed E-state index contributed by atoms with van der Waals surface area (Å²) in [5.41, 5.74) is 1.81. The Morgan fingerprint density at radius 1 is 1.29 bits per heavy atom. The van der Waals surface area contributed by atoms with Crippen molar-refractivity contribution in [2.75, 3.05) is 33.5 Å². The summed E-state index contributed by atoms with van der Waals surface area (Å²) in [6, 6.07) is 7.82. The Morgan fingerprint density at radius 3 is 2.96 bits per heavy atom. The molecule has 1 aliphatic heterocycles. The molecule has 2 N–H and O–H groups in total. The van der Waals surface area contributed by atoms with Gasteiger partial charge in [0, 0.05) is 43.5 Å². The highest BCUT2D eigenvalue weighted by Crippen LogP contribution is 2.36. The molecule has 2 heterocycles. The smallest absolute Gasteiger partial charge is 0.286 e. The summed E-state index contributed by atoms with van der Waals surface area (Å²) in [7, 11) is 1.58. The Labute approximate surface area is 164 Å². The van der Waals surface area contributed by atoms with E-state index in [0.29, 0.717) is 32.6 Å². The molecule has 1 aromatic heterocycles. The number of hydrogen-bond acceptors (Lipinski definition) is 6. The first kappa shape index (κ1) is 20.4. The molecule has 1 aliphatic rings. The maximum absolute atomic E-state index is 12.5. The van der Waals surface area contributed by atoms with Crippen LogP contribution < -0.4 is 5.32 Å². The molecule has 7 nitrogen and oxygen atoms in total. The number of methoxy groups -OCH3 is 1. The first-order valence-electron chi connectivity index (χ1n) is 9.57. The van der Waals surface area contributed by atoms with E-state index in [1.165, 1.54) is 0 Å². The van der Waals surface area contributed by atoms with Gasteiger partial charge in [-0.15, -0.1) is 0 Å². The van der Waals surface area contributed by atoms with Crippen molar-refractivity contribution in [1.82, 2.24) is 5.32 Å². The second kappa shape index (κ2) is 10.3. The molecule has 0 fully saturated rings. The largest absolute Gasteiger partial charge is 0.464 e. The molecule has 2 atom stereocenters. The number of nitrogens with one attached hydrogen (secondary N) is 1. The van der Waals surface area contributed by atoms with Crippen molar-refractivity contribution < 1.29 is 28.5 Å². The van der Waals surface area contributed by atoms with Crippen LogP contribution in [0.4, 0.5) is 0 Å². The quantitative estimate of drug-likeness (QED) is 0.607. The number of ether oxygens (including phenoxy) is 3. The van der Waals surface area contributed by atoms with Gasteiger partial charge in [0.2, 0.25) is 6.29 Å². The molecule has 0 spiro atoms. The standard InChI is InChI=1S/C21H27NO6/c1-25-11-8-22-21(24)19-12-15(13-20(28-19)26-10-5-4-9-23)17-14-27-18-7-3-2-6-16(17)18/h2-3,6-7,12,14-15,20,23H,4-5,8-11,13H2,1H3,(H,22,24). The Kier molecular flexibility index (Phi) is 7.47. The van der Waals surface area contributed by atoms with E-state index in [1.54, 1.807) is 13.4 Å². The number of para-hydroxylation sites is 1. The summed E-state index contributed by atoms with van der Waals surface area (Å²) < 4.78 is 22.3. The van der Waals surface area contributed by atoms with Crippen molar-refractivity contribution in [2.24, 2.45) is 0 Å². The Balaban J connectivity index is 1.77. The fraction of sp³-hybridized carbons (Fsp3) is 0.476. The van der Waals surface area contributed by atoms with Gasteiger partial charge in [-0.2, -0.15) is 0 Å². The Morgan fingerprint density at radius 2 is 2.14 bits per heavy atom. The fourth-order valence-electron chi connectivity index (χ4n) is 3.20. The molecule has 3 rings (SSSR count). The lowest BCUT2D eigenvalue weighted by Crippen LogP contribution is -2.34. The van der Waals surface area contributed by atoms with Crippen LogP contribution in [0.5, 0.6) is 0 Å². The van der Waals surface area contributed by atoms with Crippen LogP contribution in [0.2, 0.25) is 0 Å². The maximum Gasteiger partial charge on any atom is 0.286 e. The summed E-state index contributed by atoms with van der Waals surface area (Å²) in [5, 5.41) is 12.7. The van der Waals surface area contributed by atoms with E-state index in [4.69, 9.17) is 23.7 Å². The van der Waals surface area contributed by atoms with E-state index in [0.717, 1.165) is 23.0 Å². The fourth-order valence-corrected chi connectivity index (χ4v) is 3.20. The van der Waals surface area contributed by atoms with Crippen LogP contribution in [0.3, 0.4) is 0 Å². The van der Waals surface area contributed by atoms with Gasteiger partial charge in [-0.3, -0.25) is 4.79 Å². The zero-order valence-corrected chi connectivity index (χ0v) is 16.1. The first-order valence-corrected chi connectivity index (χ1v) is 9.57. The number of allylic oxidation sites excluding steroid dienone is 1. The zero-order chi connectivity index (χ0) is 19.8. The summed E-state index contributed by atoms with van der Waals surface area (Å²) >= 11 is 0. The predicted octanol–water partition coefficient (Wildman–Crippen LogP) is 2.70. The number of benzene rings is 1. The van der Waals surface area contributed by atoms with E-state index in [2.05, 4.69) is 5.32 Å². The van der Waals surface area contributed by atoms with Gasteiger partial charge in [0.15, 0.2) is 5.76 Å². The summed E-state index contributed by atoms with van der Waals surface area (Å²) in [6.45, 7) is 1.42. The second-order valence-electron chi connectivity index (χ2n) is 6.66. The molecule has 0 saturated heterocycles. The molecule has 1 aromatic carbocycles. The third-order valence-corrected chi connectivity index (χ3v) is 4.64. The molecule has 28 heavy (non-hydrogen) atoms. The SMILES string of the molecule is COCCNC(=O)C1=CC(c2coc3ccccc23)CC(OCCCCO)O1. The van der Waals surface area contributed by atoms with Gasteiger partial charge in [0.1, 0.15) is 5.58 Å². The van der Waals surface area contributed by atoms with Gasteiger partial charge in [-0.1, -0.05) is 18.2 Å². The average molecular weight is 389 g/mol. The summed E-state index contributed by atoms with van der Waals surface area (Å²) in [6.07, 6.45) is 5.01. The van der Waals surface area contributed by atoms with Crippen LogP contribution in [0.25, 0.3) is 11.0 Å². The summed E-state index contributed by atoms with van der Waals surface area (Å²) in [4.78, 5) is 12.5. The minimum atomic E-state index is -0.537. The number of aliphatic hydroxyl groups is 1. The second-order valence-corrected chi connectivity index (χ2v) is 6.66. The number of carbonyl (C=O) groups is 1. The van der Waals surface area contributed by atoms with E-state index in [-0.39, 0.29) is 24.2 Å². The van der Waals surface area contributed by atoms with Crippen LogP contribution >= 0.6 is 0 Å². The van der Waals surface area contributed by atoms with Crippen molar-refractivity contribution in [2.45, 2.75) is 31.5 Å². The lowest BCUT2D eigenvalue weighted by Gasteiger charge is -2.29. The molecular formula is C21H27NO6. The van der Waals surface area contributed by atoms with Crippen molar-refractivity contribution in [3.05, 3.63) is 47.9 Å². The van der Waals surface area contributed by atoms with E-state index in [1.807, 2.05) is 30.3 Å². The third-order valence-electron chi connectivity index (χ3n) is 4.64. The normalized spacial score (nSPS) is 19.3. The molecule has 0 radical (unpaired) electrons. The highest BCUT2D eigenvalue weighted by molar-refractivity contribution is 5.92. The number of unbranched alkanes of at least 4 members (excludes halogenated alkanes) is 1. The minimum Gasteiger partial charge on any atom is -0.464 e. The molecule has 152 valence electrons. The zero-order valence-electron chi connectivity index (χ0n) is 16.1.